The molecule has 2 rings (SSSR count). The van der Waals surface area contributed by atoms with E-state index in [0.29, 0.717) is 0 Å². The summed E-state index contributed by atoms with van der Waals surface area (Å²) in [7, 11) is 1.86. The number of hydrogen-bond donors (Lipinski definition) is 1. The van der Waals surface area contributed by atoms with E-state index in [1.165, 1.54) is 6.33 Å². The highest BCUT2D eigenvalue weighted by molar-refractivity contribution is 5.86. The molecular weight excluding hydrogens is 190 g/mol. The molecule has 1 unspecified atom stereocenters. The molecular formula is C10H13N5. The summed E-state index contributed by atoms with van der Waals surface area (Å²) in [4.78, 5) is 8.34. The van der Waals surface area contributed by atoms with Crippen molar-refractivity contribution in [3.8, 4) is 0 Å². The third kappa shape index (κ3) is 1.68. The molecule has 0 aromatic carbocycles. The van der Waals surface area contributed by atoms with Gasteiger partial charge in [-0.2, -0.15) is 5.10 Å². The molecule has 2 heterocycles. The maximum absolute atomic E-state index is 4.18. The van der Waals surface area contributed by atoms with Crippen LogP contribution < -0.4 is 5.32 Å². The largest absolute Gasteiger partial charge is 0.363 e. The lowest BCUT2D eigenvalue weighted by atomic mass is 10.3. The number of aryl methyl sites for hydroxylation is 1. The topological polar surface area (TPSA) is 55.6 Å². The van der Waals surface area contributed by atoms with E-state index in [1.54, 1.807) is 10.9 Å². The second-order valence-corrected chi connectivity index (χ2v) is 3.40. The molecule has 78 valence electrons. The van der Waals surface area contributed by atoms with Gasteiger partial charge in [-0.3, -0.25) is 4.68 Å². The van der Waals surface area contributed by atoms with Crippen LogP contribution in [-0.4, -0.2) is 25.8 Å². The monoisotopic (exact) mass is 203 g/mol. The molecule has 0 bridgehead atoms. The number of rotatable bonds is 3. The van der Waals surface area contributed by atoms with Gasteiger partial charge in [0.05, 0.1) is 11.6 Å². The van der Waals surface area contributed by atoms with Crippen molar-refractivity contribution in [1.29, 1.82) is 0 Å². The Morgan fingerprint density at radius 3 is 3.07 bits per heavy atom. The lowest BCUT2D eigenvalue weighted by molar-refractivity contribution is 0.785. The first-order valence-corrected chi connectivity index (χ1v) is 4.74. The van der Waals surface area contributed by atoms with E-state index in [4.69, 9.17) is 0 Å². The Morgan fingerprint density at radius 1 is 1.53 bits per heavy atom. The molecule has 2 aromatic rings. The molecule has 5 heteroatoms. The van der Waals surface area contributed by atoms with E-state index >= 15 is 0 Å². The van der Waals surface area contributed by atoms with E-state index in [1.807, 2.05) is 20.0 Å². The van der Waals surface area contributed by atoms with Crippen molar-refractivity contribution in [3.05, 3.63) is 25.2 Å². The van der Waals surface area contributed by atoms with Crippen LogP contribution in [0.15, 0.2) is 25.2 Å². The molecule has 0 spiro atoms. The van der Waals surface area contributed by atoms with Crippen molar-refractivity contribution in [2.45, 2.75) is 13.0 Å². The van der Waals surface area contributed by atoms with Crippen LogP contribution >= 0.6 is 0 Å². The van der Waals surface area contributed by atoms with Crippen molar-refractivity contribution in [2.24, 2.45) is 7.05 Å². The molecule has 1 N–H and O–H groups in total. The van der Waals surface area contributed by atoms with Crippen LogP contribution in [0.25, 0.3) is 11.0 Å². The fourth-order valence-electron chi connectivity index (χ4n) is 1.35. The highest BCUT2D eigenvalue weighted by atomic mass is 15.3. The molecule has 0 fully saturated rings. The van der Waals surface area contributed by atoms with Gasteiger partial charge in [0.15, 0.2) is 5.65 Å². The molecule has 0 aliphatic heterocycles. The predicted molar refractivity (Wildman–Crippen MR) is 59.6 cm³/mol. The summed E-state index contributed by atoms with van der Waals surface area (Å²) >= 11 is 0. The number of hydrogen-bond acceptors (Lipinski definition) is 4. The first-order chi connectivity index (χ1) is 7.22. The average molecular weight is 203 g/mol. The standard InChI is InChI=1S/C10H13N5/c1-4-7(2)14-9-8-5-13-15(3)10(8)12-6-11-9/h4-7H,1H2,2-3H3,(H,11,12,14). The second-order valence-electron chi connectivity index (χ2n) is 3.40. The third-order valence-corrected chi connectivity index (χ3v) is 2.25. The quantitative estimate of drug-likeness (QED) is 0.765. The minimum atomic E-state index is 0.170. The van der Waals surface area contributed by atoms with Gasteiger partial charge in [0, 0.05) is 13.1 Å². The Morgan fingerprint density at radius 2 is 2.33 bits per heavy atom. The fraction of sp³-hybridized carbons (Fsp3) is 0.300. The summed E-state index contributed by atoms with van der Waals surface area (Å²) in [5.74, 6) is 0.792. The minimum Gasteiger partial charge on any atom is -0.363 e. The zero-order chi connectivity index (χ0) is 10.8. The molecule has 0 saturated carbocycles. The Balaban J connectivity index is 2.47. The van der Waals surface area contributed by atoms with Gasteiger partial charge in [0.2, 0.25) is 0 Å². The Labute approximate surface area is 87.8 Å². The second kappa shape index (κ2) is 3.68. The van der Waals surface area contributed by atoms with Crippen molar-refractivity contribution in [3.63, 3.8) is 0 Å². The van der Waals surface area contributed by atoms with E-state index < -0.39 is 0 Å². The number of nitrogens with zero attached hydrogens (tertiary/aromatic N) is 4. The minimum absolute atomic E-state index is 0.170. The molecule has 1 atom stereocenters. The lowest BCUT2D eigenvalue weighted by Gasteiger charge is -2.09. The lowest BCUT2D eigenvalue weighted by Crippen LogP contribution is -2.12. The Hall–Kier alpha value is -1.91. The van der Waals surface area contributed by atoms with Gasteiger partial charge in [-0.05, 0) is 6.92 Å². The normalized spacial score (nSPS) is 12.7. The highest BCUT2D eigenvalue weighted by Gasteiger charge is 2.08. The maximum atomic E-state index is 4.18. The SMILES string of the molecule is C=CC(C)Nc1ncnc2c1cnn2C. The first kappa shape index (κ1) is 9.64. The molecule has 5 nitrogen and oxygen atoms in total. The number of anilines is 1. The van der Waals surface area contributed by atoms with E-state index in [-0.39, 0.29) is 6.04 Å². The van der Waals surface area contributed by atoms with Crippen LogP contribution in [-0.2, 0) is 7.05 Å². The van der Waals surface area contributed by atoms with Crippen molar-refractivity contribution < 1.29 is 0 Å². The summed E-state index contributed by atoms with van der Waals surface area (Å²) in [6.45, 7) is 5.73. The van der Waals surface area contributed by atoms with Gasteiger partial charge >= 0.3 is 0 Å². The first-order valence-electron chi connectivity index (χ1n) is 4.74. The van der Waals surface area contributed by atoms with Gasteiger partial charge in [0.1, 0.15) is 12.1 Å². The van der Waals surface area contributed by atoms with E-state index in [9.17, 15) is 0 Å². The third-order valence-electron chi connectivity index (χ3n) is 2.25. The van der Waals surface area contributed by atoms with Gasteiger partial charge < -0.3 is 5.32 Å². The van der Waals surface area contributed by atoms with Crippen LogP contribution in [0.2, 0.25) is 0 Å². The molecule has 0 saturated heterocycles. The van der Waals surface area contributed by atoms with Crippen molar-refractivity contribution in [1.82, 2.24) is 19.7 Å². The van der Waals surface area contributed by atoms with Crippen LogP contribution in [0.1, 0.15) is 6.92 Å². The smallest absolute Gasteiger partial charge is 0.163 e. The summed E-state index contributed by atoms with van der Waals surface area (Å²) in [6, 6.07) is 0.170. The van der Waals surface area contributed by atoms with E-state index in [2.05, 4.69) is 27.0 Å². The molecule has 0 aliphatic carbocycles. The molecule has 15 heavy (non-hydrogen) atoms. The molecule has 0 aliphatic rings. The number of nitrogens with one attached hydrogen (secondary N) is 1. The summed E-state index contributed by atoms with van der Waals surface area (Å²) in [5.41, 5.74) is 0.823. The van der Waals surface area contributed by atoms with Crippen LogP contribution in [0.5, 0.6) is 0 Å². The number of fused-ring (bicyclic) bond motifs is 1. The number of aromatic nitrogens is 4. The fourth-order valence-corrected chi connectivity index (χ4v) is 1.35. The highest BCUT2D eigenvalue weighted by Crippen LogP contribution is 2.18. The zero-order valence-electron chi connectivity index (χ0n) is 8.81. The Kier molecular flexibility index (Phi) is 2.37. The summed E-state index contributed by atoms with van der Waals surface area (Å²) in [6.07, 6.45) is 5.11. The molecule has 0 radical (unpaired) electrons. The average Bonchev–Trinajstić information content (AvgIpc) is 2.62. The van der Waals surface area contributed by atoms with Crippen molar-refractivity contribution in [2.75, 3.05) is 5.32 Å². The van der Waals surface area contributed by atoms with Crippen LogP contribution in [0.4, 0.5) is 5.82 Å². The van der Waals surface area contributed by atoms with Gasteiger partial charge in [-0.1, -0.05) is 6.08 Å². The van der Waals surface area contributed by atoms with Gasteiger partial charge in [-0.25, -0.2) is 9.97 Å². The Bertz CT molecular complexity index is 488. The molecule has 2 aromatic heterocycles. The maximum Gasteiger partial charge on any atom is 0.163 e. The molecule has 0 amide bonds. The summed E-state index contributed by atoms with van der Waals surface area (Å²) < 4.78 is 1.72. The van der Waals surface area contributed by atoms with Crippen LogP contribution in [0.3, 0.4) is 0 Å². The van der Waals surface area contributed by atoms with Crippen molar-refractivity contribution >= 4 is 16.9 Å². The van der Waals surface area contributed by atoms with Gasteiger partial charge in [-0.15, -0.1) is 6.58 Å². The predicted octanol–water partition coefficient (Wildman–Crippen LogP) is 1.35. The zero-order valence-corrected chi connectivity index (χ0v) is 8.81. The van der Waals surface area contributed by atoms with E-state index in [0.717, 1.165) is 16.9 Å². The van der Waals surface area contributed by atoms with Crippen LogP contribution in [0, 0.1) is 0 Å². The van der Waals surface area contributed by atoms with Gasteiger partial charge in [0.25, 0.3) is 0 Å². The summed E-state index contributed by atoms with van der Waals surface area (Å²) in [5, 5.41) is 8.29.